The van der Waals surface area contributed by atoms with Gasteiger partial charge in [-0.15, -0.1) is 0 Å². The van der Waals surface area contributed by atoms with Gasteiger partial charge in [0.25, 0.3) is 0 Å². The van der Waals surface area contributed by atoms with Crippen LogP contribution in [-0.4, -0.2) is 38.1 Å². The third-order valence-electron chi connectivity index (χ3n) is 3.86. The molecule has 0 aromatic heterocycles. The third kappa shape index (κ3) is 3.33. The van der Waals surface area contributed by atoms with Crippen LogP contribution in [0.1, 0.15) is 12.5 Å². The molecular formula is C15H21BrN2O2. The second kappa shape index (κ2) is 6.59. The first-order valence-electron chi connectivity index (χ1n) is 6.81. The Labute approximate surface area is 128 Å². The quantitative estimate of drug-likeness (QED) is 0.914. The van der Waals surface area contributed by atoms with Crippen LogP contribution in [0.2, 0.25) is 0 Å². The number of hydrogen-bond donors (Lipinski definition) is 1. The van der Waals surface area contributed by atoms with Gasteiger partial charge in [0.15, 0.2) is 0 Å². The Bertz CT molecular complexity index is 493. The summed E-state index contributed by atoms with van der Waals surface area (Å²) >= 11 is 3.46. The fourth-order valence-corrected chi connectivity index (χ4v) is 3.04. The van der Waals surface area contributed by atoms with Crippen molar-refractivity contribution in [2.24, 2.45) is 11.8 Å². The predicted molar refractivity (Wildman–Crippen MR) is 82.7 cm³/mol. The molecule has 1 aromatic rings. The number of carbonyl (C=O) groups excluding carboxylic acids is 1. The lowest BCUT2D eigenvalue weighted by molar-refractivity contribution is -0.135. The first-order chi connectivity index (χ1) is 9.52. The van der Waals surface area contributed by atoms with Crippen LogP contribution in [0.15, 0.2) is 22.7 Å². The molecule has 1 N–H and O–H groups in total. The van der Waals surface area contributed by atoms with Gasteiger partial charge in [-0.3, -0.25) is 4.79 Å². The molecule has 5 heteroatoms. The van der Waals surface area contributed by atoms with E-state index >= 15 is 0 Å². The van der Waals surface area contributed by atoms with Gasteiger partial charge in [0, 0.05) is 30.2 Å². The number of carbonyl (C=O) groups is 1. The molecule has 1 aliphatic rings. The van der Waals surface area contributed by atoms with Crippen LogP contribution in [0, 0.1) is 11.8 Å². The summed E-state index contributed by atoms with van der Waals surface area (Å²) in [5.74, 6) is 1.49. The second-order valence-corrected chi connectivity index (χ2v) is 6.31. The first-order valence-corrected chi connectivity index (χ1v) is 7.60. The van der Waals surface area contributed by atoms with Crippen molar-refractivity contribution in [3.8, 4) is 5.75 Å². The lowest BCUT2D eigenvalue weighted by Crippen LogP contribution is -2.35. The molecule has 0 aliphatic carbocycles. The fraction of sp³-hybridized carbons (Fsp3) is 0.533. The Kier molecular flexibility index (Phi) is 5.05. The van der Waals surface area contributed by atoms with Crippen molar-refractivity contribution < 1.29 is 9.53 Å². The van der Waals surface area contributed by atoms with Gasteiger partial charge in [0.2, 0.25) is 5.91 Å². The molecule has 0 radical (unpaired) electrons. The van der Waals surface area contributed by atoms with Crippen LogP contribution < -0.4 is 10.1 Å². The zero-order valence-corrected chi connectivity index (χ0v) is 13.7. The number of ether oxygens (including phenoxy) is 1. The van der Waals surface area contributed by atoms with E-state index in [0.29, 0.717) is 12.5 Å². The lowest BCUT2D eigenvalue weighted by atomic mass is 9.96. The Hall–Kier alpha value is -1.07. The Morgan fingerprint density at radius 2 is 2.25 bits per heavy atom. The van der Waals surface area contributed by atoms with Gasteiger partial charge in [0.1, 0.15) is 5.75 Å². The highest BCUT2D eigenvalue weighted by Crippen LogP contribution is 2.25. The molecule has 1 amide bonds. The minimum atomic E-state index is 0.0816. The van der Waals surface area contributed by atoms with Crippen LogP contribution in [-0.2, 0) is 11.3 Å². The monoisotopic (exact) mass is 340 g/mol. The van der Waals surface area contributed by atoms with Crippen molar-refractivity contribution in [1.29, 1.82) is 0 Å². The van der Waals surface area contributed by atoms with Gasteiger partial charge in [0.05, 0.1) is 13.0 Å². The van der Waals surface area contributed by atoms with Gasteiger partial charge in [-0.1, -0.05) is 22.9 Å². The summed E-state index contributed by atoms with van der Waals surface area (Å²) in [6, 6.07) is 5.85. The average Bonchev–Trinajstić information content (AvgIpc) is 2.84. The number of benzene rings is 1. The van der Waals surface area contributed by atoms with Gasteiger partial charge < -0.3 is 15.0 Å². The Balaban J connectivity index is 2.09. The van der Waals surface area contributed by atoms with E-state index in [0.717, 1.165) is 28.9 Å². The second-order valence-electron chi connectivity index (χ2n) is 5.39. The summed E-state index contributed by atoms with van der Waals surface area (Å²) in [6.45, 7) is 4.38. The zero-order valence-electron chi connectivity index (χ0n) is 12.1. The highest BCUT2D eigenvalue weighted by Gasteiger charge is 2.31. The summed E-state index contributed by atoms with van der Waals surface area (Å²) in [7, 11) is 3.51. The molecule has 1 saturated heterocycles. The molecule has 4 nitrogen and oxygen atoms in total. The summed E-state index contributed by atoms with van der Waals surface area (Å²) in [5.41, 5.74) is 1.01. The average molecular weight is 341 g/mol. The highest BCUT2D eigenvalue weighted by molar-refractivity contribution is 9.10. The van der Waals surface area contributed by atoms with Crippen molar-refractivity contribution in [2.45, 2.75) is 13.5 Å². The lowest BCUT2D eigenvalue weighted by Gasteiger charge is -2.24. The number of amides is 1. The van der Waals surface area contributed by atoms with Crippen LogP contribution >= 0.6 is 15.9 Å². The standard InChI is InChI=1S/C15H21BrN2O2/c1-10-7-17-8-13(10)15(19)18(2)9-11-6-12(16)4-5-14(11)20-3/h4-6,10,13,17H,7-9H2,1-3H3. The first kappa shape index (κ1) is 15.3. The molecule has 1 heterocycles. The number of halogens is 1. The van der Waals surface area contributed by atoms with Crippen LogP contribution in [0.5, 0.6) is 5.75 Å². The molecule has 0 bridgehead atoms. The zero-order chi connectivity index (χ0) is 14.7. The summed E-state index contributed by atoms with van der Waals surface area (Å²) in [4.78, 5) is 14.3. The third-order valence-corrected chi connectivity index (χ3v) is 4.35. The molecule has 110 valence electrons. The van der Waals surface area contributed by atoms with E-state index in [1.807, 2.05) is 25.2 Å². The van der Waals surface area contributed by atoms with Crippen molar-refractivity contribution >= 4 is 21.8 Å². The SMILES string of the molecule is COc1ccc(Br)cc1CN(C)C(=O)C1CNCC1C. The summed E-state index contributed by atoms with van der Waals surface area (Å²) in [5, 5.41) is 3.27. The maximum atomic E-state index is 12.5. The van der Waals surface area contributed by atoms with E-state index in [1.165, 1.54) is 0 Å². The smallest absolute Gasteiger partial charge is 0.227 e. The number of hydrogen-bond acceptors (Lipinski definition) is 3. The summed E-state index contributed by atoms with van der Waals surface area (Å²) < 4.78 is 6.35. The van der Waals surface area contributed by atoms with Crippen molar-refractivity contribution in [3.05, 3.63) is 28.2 Å². The van der Waals surface area contributed by atoms with Gasteiger partial charge >= 0.3 is 0 Å². The number of nitrogens with zero attached hydrogens (tertiary/aromatic N) is 1. The predicted octanol–water partition coefficient (Wildman–Crippen LogP) is 2.27. The van der Waals surface area contributed by atoms with Crippen molar-refractivity contribution in [1.82, 2.24) is 10.2 Å². The molecule has 2 unspecified atom stereocenters. The molecular weight excluding hydrogens is 320 g/mol. The maximum Gasteiger partial charge on any atom is 0.227 e. The van der Waals surface area contributed by atoms with Crippen LogP contribution in [0.4, 0.5) is 0 Å². The molecule has 20 heavy (non-hydrogen) atoms. The highest BCUT2D eigenvalue weighted by atomic mass is 79.9. The molecule has 1 fully saturated rings. The van der Waals surface area contributed by atoms with E-state index in [2.05, 4.69) is 28.2 Å². The topological polar surface area (TPSA) is 41.6 Å². The molecule has 0 saturated carbocycles. The van der Waals surface area contributed by atoms with Gasteiger partial charge in [-0.05, 0) is 30.7 Å². The number of nitrogens with one attached hydrogen (secondary N) is 1. The summed E-state index contributed by atoms with van der Waals surface area (Å²) in [6.07, 6.45) is 0. The van der Waals surface area contributed by atoms with Gasteiger partial charge in [-0.2, -0.15) is 0 Å². The molecule has 0 spiro atoms. The normalized spacial score (nSPS) is 21.8. The minimum absolute atomic E-state index is 0.0816. The Morgan fingerprint density at radius 1 is 1.50 bits per heavy atom. The van der Waals surface area contributed by atoms with E-state index in [-0.39, 0.29) is 11.8 Å². The molecule has 2 atom stereocenters. The number of methoxy groups -OCH3 is 1. The largest absolute Gasteiger partial charge is 0.496 e. The van der Waals surface area contributed by atoms with Crippen molar-refractivity contribution in [3.63, 3.8) is 0 Å². The van der Waals surface area contributed by atoms with E-state index in [1.54, 1.807) is 12.0 Å². The fourth-order valence-electron chi connectivity index (χ4n) is 2.63. The Morgan fingerprint density at radius 3 is 2.85 bits per heavy atom. The van der Waals surface area contributed by atoms with E-state index in [9.17, 15) is 4.79 Å². The molecule has 2 rings (SSSR count). The van der Waals surface area contributed by atoms with Crippen molar-refractivity contribution in [2.75, 3.05) is 27.2 Å². The van der Waals surface area contributed by atoms with Gasteiger partial charge in [-0.25, -0.2) is 0 Å². The minimum Gasteiger partial charge on any atom is -0.496 e. The van der Waals surface area contributed by atoms with Crippen LogP contribution in [0.3, 0.4) is 0 Å². The number of rotatable bonds is 4. The van der Waals surface area contributed by atoms with E-state index < -0.39 is 0 Å². The molecule has 1 aliphatic heterocycles. The van der Waals surface area contributed by atoms with E-state index in [4.69, 9.17) is 4.74 Å². The maximum absolute atomic E-state index is 12.5. The van der Waals surface area contributed by atoms with Crippen LogP contribution in [0.25, 0.3) is 0 Å². The molecule has 1 aromatic carbocycles.